The van der Waals surface area contributed by atoms with Gasteiger partial charge in [0.05, 0.1) is 0 Å². The smallest absolute Gasteiger partial charge is 0.0488 e. The molecule has 0 aliphatic rings. The lowest BCUT2D eigenvalue weighted by atomic mass is 10.0. The maximum absolute atomic E-state index is 6.05. The zero-order valence-electron chi connectivity index (χ0n) is 14.2. The van der Waals surface area contributed by atoms with Crippen molar-refractivity contribution in [2.75, 3.05) is 39.3 Å². The highest BCUT2D eigenvalue weighted by Crippen LogP contribution is 2.22. The number of hydrogen-bond acceptors (Lipinski definition) is 4. The number of nitrogens with two attached hydrogens (primary N) is 1. The van der Waals surface area contributed by atoms with Crippen molar-refractivity contribution >= 4 is 0 Å². The van der Waals surface area contributed by atoms with Crippen molar-refractivity contribution in [3.05, 3.63) is 29.6 Å². The van der Waals surface area contributed by atoms with Crippen LogP contribution in [0.5, 0.6) is 0 Å². The summed E-state index contributed by atoms with van der Waals surface area (Å²) in [5.74, 6) is 0. The van der Waals surface area contributed by atoms with Crippen molar-refractivity contribution in [3.63, 3.8) is 0 Å². The van der Waals surface area contributed by atoms with Gasteiger partial charge in [-0.15, -0.1) is 0 Å². The van der Waals surface area contributed by atoms with Crippen LogP contribution < -0.4 is 5.73 Å². The van der Waals surface area contributed by atoms with Gasteiger partial charge in [0.25, 0.3) is 0 Å². The summed E-state index contributed by atoms with van der Waals surface area (Å²) < 4.78 is 0. The van der Waals surface area contributed by atoms with Crippen molar-refractivity contribution in [1.29, 1.82) is 0 Å². The molecule has 1 unspecified atom stereocenters. The van der Waals surface area contributed by atoms with Crippen molar-refractivity contribution < 1.29 is 0 Å². The summed E-state index contributed by atoms with van der Waals surface area (Å²) in [6, 6.07) is 2.35. The van der Waals surface area contributed by atoms with Gasteiger partial charge in [0.2, 0.25) is 0 Å². The second-order valence-corrected chi connectivity index (χ2v) is 5.49. The Morgan fingerprint density at radius 1 is 1.14 bits per heavy atom. The Morgan fingerprint density at radius 2 is 1.86 bits per heavy atom. The molecule has 0 amide bonds. The van der Waals surface area contributed by atoms with Crippen LogP contribution in [0, 0.1) is 6.92 Å². The van der Waals surface area contributed by atoms with E-state index in [0.29, 0.717) is 6.54 Å². The van der Waals surface area contributed by atoms with E-state index in [2.05, 4.69) is 48.5 Å². The van der Waals surface area contributed by atoms with Gasteiger partial charge in [-0.25, -0.2) is 0 Å². The molecule has 2 N–H and O–H groups in total. The molecule has 0 aliphatic heterocycles. The Hall–Kier alpha value is -0.970. The van der Waals surface area contributed by atoms with Gasteiger partial charge in [0.15, 0.2) is 0 Å². The number of nitrogens with zero attached hydrogens (tertiary/aromatic N) is 3. The fourth-order valence-corrected chi connectivity index (χ4v) is 2.87. The fourth-order valence-electron chi connectivity index (χ4n) is 2.87. The van der Waals surface area contributed by atoms with E-state index >= 15 is 0 Å². The fraction of sp³-hybridized carbons (Fsp3) is 0.706. The number of rotatable bonds is 10. The predicted molar refractivity (Wildman–Crippen MR) is 90.4 cm³/mol. The molecular formula is C17H32N4. The second-order valence-electron chi connectivity index (χ2n) is 5.49. The molecule has 21 heavy (non-hydrogen) atoms. The Balaban J connectivity index is 2.66. The van der Waals surface area contributed by atoms with Gasteiger partial charge in [-0.3, -0.25) is 9.88 Å². The minimum Gasteiger partial charge on any atom is -0.329 e. The molecule has 1 aromatic heterocycles. The highest BCUT2D eigenvalue weighted by molar-refractivity contribution is 5.25. The van der Waals surface area contributed by atoms with Crippen LogP contribution in [-0.4, -0.2) is 54.1 Å². The highest BCUT2D eigenvalue weighted by Gasteiger charge is 2.19. The number of aryl methyl sites for hydroxylation is 1. The van der Waals surface area contributed by atoms with Gasteiger partial charge in [-0.2, -0.15) is 0 Å². The highest BCUT2D eigenvalue weighted by atomic mass is 15.2. The topological polar surface area (TPSA) is 45.4 Å². The van der Waals surface area contributed by atoms with E-state index in [1.807, 2.05) is 12.4 Å². The van der Waals surface area contributed by atoms with Crippen LogP contribution >= 0.6 is 0 Å². The molecule has 0 spiro atoms. The van der Waals surface area contributed by atoms with E-state index in [4.69, 9.17) is 5.73 Å². The lowest BCUT2D eigenvalue weighted by molar-refractivity contribution is 0.192. The molecule has 0 aromatic carbocycles. The Kier molecular flexibility index (Phi) is 8.50. The van der Waals surface area contributed by atoms with E-state index in [0.717, 1.165) is 32.7 Å². The first-order chi connectivity index (χ1) is 10.2. The third-order valence-corrected chi connectivity index (χ3v) is 4.32. The van der Waals surface area contributed by atoms with Crippen molar-refractivity contribution in [3.8, 4) is 0 Å². The van der Waals surface area contributed by atoms with Crippen LogP contribution in [0.3, 0.4) is 0 Å². The first kappa shape index (κ1) is 18.1. The zero-order valence-corrected chi connectivity index (χ0v) is 14.2. The first-order valence-corrected chi connectivity index (χ1v) is 8.24. The van der Waals surface area contributed by atoms with Crippen LogP contribution in [0.1, 0.15) is 44.4 Å². The lowest BCUT2D eigenvalue weighted by Crippen LogP contribution is -2.36. The summed E-state index contributed by atoms with van der Waals surface area (Å²) in [4.78, 5) is 9.23. The number of pyridine rings is 1. The quantitative estimate of drug-likeness (QED) is 0.719. The van der Waals surface area contributed by atoms with E-state index in [1.165, 1.54) is 17.5 Å². The summed E-state index contributed by atoms with van der Waals surface area (Å²) >= 11 is 0. The van der Waals surface area contributed by atoms with Crippen LogP contribution in [-0.2, 0) is 0 Å². The summed E-state index contributed by atoms with van der Waals surface area (Å²) in [5.41, 5.74) is 8.60. The number of aromatic nitrogens is 1. The average molecular weight is 292 g/mol. The molecule has 4 nitrogen and oxygen atoms in total. The predicted octanol–water partition coefficient (Wildman–Crippen LogP) is 2.44. The Bertz CT molecular complexity index is 390. The third kappa shape index (κ3) is 5.38. The van der Waals surface area contributed by atoms with E-state index in [-0.39, 0.29) is 6.04 Å². The minimum absolute atomic E-state index is 0.278. The summed E-state index contributed by atoms with van der Waals surface area (Å²) in [6.45, 7) is 15.0. The van der Waals surface area contributed by atoms with Crippen LogP contribution in [0.4, 0.5) is 0 Å². The largest absolute Gasteiger partial charge is 0.329 e. The lowest BCUT2D eigenvalue weighted by Gasteiger charge is -2.31. The molecule has 0 saturated heterocycles. The van der Waals surface area contributed by atoms with Crippen LogP contribution in [0.25, 0.3) is 0 Å². The van der Waals surface area contributed by atoms with Gasteiger partial charge in [-0.1, -0.05) is 20.8 Å². The standard InChI is InChI=1S/C17H32N4/c1-5-20(6-2)11-8-12-21(7-3)17(13-18)16-14-19-10-9-15(16)4/h9-10,14,17H,5-8,11-13,18H2,1-4H3. The SMILES string of the molecule is CCN(CC)CCCN(CC)C(CN)c1cnccc1C. The summed E-state index contributed by atoms with van der Waals surface area (Å²) in [7, 11) is 0. The van der Waals surface area contributed by atoms with Gasteiger partial charge in [0.1, 0.15) is 0 Å². The maximum atomic E-state index is 6.05. The zero-order chi connectivity index (χ0) is 15.7. The number of hydrogen-bond donors (Lipinski definition) is 1. The number of likely N-dealkylation sites (N-methyl/N-ethyl adjacent to an activating group) is 1. The molecule has 4 heteroatoms. The van der Waals surface area contributed by atoms with Gasteiger partial charge in [-0.05, 0) is 56.7 Å². The summed E-state index contributed by atoms with van der Waals surface area (Å²) in [5, 5.41) is 0. The molecule has 1 rings (SSSR count). The van der Waals surface area contributed by atoms with Crippen molar-refractivity contribution in [2.24, 2.45) is 5.73 Å². The summed E-state index contributed by atoms with van der Waals surface area (Å²) in [6.07, 6.45) is 5.01. The van der Waals surface area contributed by atoms with E-state index in [9.17, 15) is 0 Å². The average Bonchev–Trinajstić information content (AvgIpc) is 2.52. The van der Waals surface area contributed by atoms with Crippen molar-refractivity contribution in [2.45, 2.75) is 40.2 Å². The van der Waals surface area contributed by atoms with Gasteiger partial charge >= 0.3 is 0 Å². The van der Waals surface area contributed by atoms with Gasteiger partial charge < -0.3 is 10.6 Å². The Morgan fingerprint density at radius 3 is 2.38 bits per heavy atom. The molecule has 120 valence electrons. The molecule has 1 aromatic rings. The van der Waals surface area contributed by atoms with E-state index < -0.39 is 0 Å². The van der Waals surface area contributed by atoms with E-state index in [1.54, 1.807) is 0 Å². The molecule has 0 radical (unpaired) electrons. The first-order valence-electron chi connectivity index (χ1n) is 8.24. The molecular weight excluding hydrogens is 260 g/mol. The third-order valence-electron chi connectivity index (χ3n) is 4.32. The van der Waals surface area contributed by atoms with Crippen molar-refractivity contribution in [1.82, 2.24) is 14.8 Å². The molecule has 0 fully saturated rings. The molecule has 1 atom stereocenters. The normalized spacial score (nSPS) is 13.1. The molecule has 0 bridgehead atoms. The molecule has 0 aliphatic carbocycles. The monoisotopic (exact) mass is 292 g/mol. The van der Waals surface area contributed by atoms with Gasteiger partial charge in [0, 0.05) is 31.5 Å². The molecule has 1 heterocycles. The minimum atomic E-state index is 0.278. The Labute approximate surface area is 130 Å². The van der Waals surface area contributed by atoms with Crippen LogP contribution in [0.15, 0.2) is 18.5 Å². The van der Waals surface area contributed by atoms with Crippen LogP contribution in [0.2, 0.25) is 0 Å². The second kappa shape index (κ2) is 9.87. The molecule has 0 saturated carbocycles. The maximum Gasteiger partial charge on any atom is 0.0488 e.